The van der Waals surface area contributed by atoms with Crippen LogP contribution in [0.3, 0.4) is 0 Å². The van der Waals surface area contributed by atoms with Crippen molar-refractivity contribution >= 4 is 17.7 Å². The number of ether oxygens (including phenoxy) is 2. The van der Waals surface area contributed by atoms with E-state index in [-0.39, 0.29) is 37.1 Å². The molecule has 0 bridgehead atoms. The maximum atomic E-state index is 12.3. The van der Waals surface area contributed by atoms with Crippen molar-refractivity contribution < 1.29 is 39.2 Å². The molecule has 0 saturated heterocycles. The van der Waals surface area contributed by atoms with E-state index in [1.165, 1.54) is 0 Å². The van der Waals surface area contributed by atoms with Gasteiger partial charge < -0.3 is 24.8 Å². The first kappa shape index (κ1) is 35.0. The van der Waals surface area contributed by atoms with Crippen molar-refractivity contribution in [3.8, 4) is 0 Å². The fourth-order valence-electron chi connectivity index (χ4n) is 4.71. The number of hydrogen-bond acceptors (Lipinski definition) is 8. The van der Waals surface area contributed by atoms with Crippen LogP contribution in [-0.4, -0.2) is 64.6 Å². The number of esters is 2. The molecule has 8 heteroatoms. The summed E-state index contributed by atoms with van der Waals surface area (Å²) in [4.78, 5) is 36.3. The average Bonchev–Trinajstić information content (AvgIpc) is 3.18. The zero-order valence-corrected chi connectivity index (χ0v) is 24.1. The van der Waals surface area contributed by atoms with Crippen LogP contribution < -0.4 is 0 Å². The minimum absolute atomic E-state index is 0.000472. The molecule has 0 heterocycles. The number of hydrogen-bond donors (Lipinski definition) is 3. The summed E-state index contributed by atoms with van der Waals surface area (Å²) in [6, 6.07) is 0. The third-order valence-electron chi connectivity index (χ3n) is 7.12. The summed E-state index contributed by atoms with van der Waals surface area (Å²) in [6.45, 7) is 3.67. The number of aliphatic hydroxyl groups is 3. The van der Waals surface area contributed by atoms with Crippen molar-refractivity contribution in [2.45, 2.75) is 128 Å². The monoisotopic (exact) mass is 552 g/mol. The van der Waals surface area contributed by atoms with E-state index in [0.29, 0.717) is 32.1 Å². The normalized spacial score (nSPS) is 21.1. The van der Waals surface area contributed by atoms with Crippen LogP contribution in [0.4, 0.5) is 0 Å². The molecule has 8 nitrogen and oxygen atoms in total. The van der Waals surface area contributed by atoms with Gasteiger partial charge in [-0.25, -0.2) is 0 Å². The molecule has 1 saturated carbocycles. The molecule has 39 heavy (non-hydrogen) atoms. The predicted molar refractivity (Wildman–Crippen MR) is 151 cm³/mol. The number of unbranched alkanes of at least 4 members (excludes halogenated alkanes) is 7. The maximum absolute atomic E-state index is 12.3. The minimum Gasteiger partial charge on any atom is -0.462 e. The standard InChI is InChI=1S/C31H52O8/c1-3-5-7-8-14-18-31(37)39-25(22-32)23-38-30(36)17-13-10-9-12-16-26-27(29(35)21-28(26)34)20-19-24(33)15-11-6-4-2/h9,12,19-20,24-28,32-34H,3-8,10-11,13-18,21-23H2,1-2H3/b12-9-,20-19+/t24-,25-,26+,27+,28-/m0/s1. The van der Waals surface area contributed by atoms with Gasteiger partial charge in [0.1, 0.15) is 12.4 Å². The smallest absolute Gasteiger partial charge is 0.306 e. The Balaban J connectivity index is 2.29. The second-order valence-corrected chi connectivity index (χ2v) is 10.6. The highest BCUT2D eigenvalue weighted by Crippen LogP contribution is 2.33. The van der Waals surface area contributed by atoms with Crippen molar-refractivity contribution in [3.63, 3.8) is 0 Å². The van der Waals surface area contributed by atoms with Gasteiger partial charge in [-0.2, -0.15) is 0 Å². The molecule has 1 aliphatic carbocycles. The Hall–Kier alpha value is -2.03. The molecule has 0 unspecified atom stereocenters. The highest BCUT2D eigenvalue weighted by Gasteiger charge is 2.39. The van der Waals surface area contributed by atoms with Crippen LogP contribution in [0.2, 0.25) is 0 Å². The number of carbonyl (C=O) groups excluding carboxylic acids is 3. The first-order chi connectivity index (χ1) is 18.8. The molecule has 224 valence electrons. The second-order valence-electron chi connectivity index (χ2n) is 10.6. The molecule has 3 N–H and O–H groups in total. The molecular formula is C31H52O8. The second kappa shape index (κ2) is 21.8. The van der Waals surface area contributed by atoms with Gasteiger partial charge in [-0.05, 0) is 32.1 Å². The van der Waals surface area contributed by atoms with Crippen LogP contribution in [0.5, 0.6) is 0 Å². The fraction of sp³-hybridized carbons (Fsp3) is 0.774. The SMILES string of the molecule is CCCCCCCC(=O)O[C@@H](CO)COC(=O)CCC/C=C\C[C@H]1[C@@H](O)CC(=O)[C@@H]1/C=C/[C@@H](O)CCCCC. The largest absolute Gasteiger partial charge is 0.462 e. The molecule has 0 amide bonds. The third-order valence-corrected chi connectivity index (χ3v) is 7.12. The summed E-state index contributed by atoms with van der Waals surface area (Å²) in [5.74, 6) is -1.42. The lowest BCUT2D eigenvalue weighted by Crippen LogP contribution is -2.28. The van der Waals surface area contributed by atoms with Gasteiger partial charge in [0.05, 0.1) is 18.8 Å². The highest BCUT2D eigenvalue weighted by atomic mass is 16.6. The number of Topliss-reactive ketones (excluding diaryl/α,β-unsaturated/α-hetero) is 1. The Labute approximate surface area is 234 Å². The Kier molecular flexibility index (Phi) is 19.5. The molecule has 0 radical (unpaired) electrons. The summed E-state index contributed by atoms with van der Waals surface area (Å²) in [7, 11) is 0. The third kappa shape index (κ3) is 16.0. The van der Waals surface area contributed by atoms with Crippen LogP contribution in [0.25, 0.3) is 0 Å². The molecule has 0 aromatic rings. The van der Waals surface area contributed by atoms with Gasteiger partial charge in [-0.15, -0.1) is 0 Å². The van der Waals surface area contributed by atoms with E-state index in [1.807, 2.05) is 12.2 Å². The summed E-state index contributed by atoms with van der Waals surface area (Å²) in [5, 5.41) is 29.9. The fourth-order valence-corrected chi connectivity index (χ4v) is 4.71. The van der Waals surface area contributed by atoms with Crippen LogP contribution in [0.15, 0.2) is 24.3 Å². The number of allylic oxidation sites excluding steroid dienone is 3. The molecule has 1 aliphatic rings. The molecule has 0 spiro atoms. The zero-order chi connectivity index (χ0) is 28.9. The lowest BCUT2D eigenvalue weighted by Gasteiger charge is -2.17. The summed E-state index contributed by atoms with van der Waals surface area (Å²) in [5.41, 5.74) is 0. The summed E-state index contributed by atoms with van der Waals surface area (Å²) in [6.07, 6.45) is 16.4. The average molecular weight is 553 g/mol. The summed E-state index contributed by atoms with van der Waals surface area (Å²) >= 11 is 0. The van der Waals surface area contributed by atoms with Crippen LogP contribution in [-0.2, 0) is 23.9 Å². The van der Waals surface area contributed by atoms with Gasteiger partial charge in [0.25, 0.3) is 0 Å². The number of ketones is 1. The van der Waals surface area contributed by atoms with E-state index in [1.54, 1.807) is 12.2 Å². The number of carbonyl (C=O) groups is 3. The van der Waals surface area contributed by atoms with Gasteiger partial charge in [0, 0.05) is 31.1 Å². The van der Waals surface area contributed by atoms with Gasteiger partial charge in [0.15, 0.2) is 6.10 Å². The van der Waals surface area contributed by atoms with E-state index < -0.39 is 36.8 Å². The van der Waals surface area contributed by atoms with Crippen molar-refractivity contribution in [3.05, 3.63) is 24.3 Å². The summed E-state index contributed by atoms with van der Waals surface area (Å²) < 4.78 is 10.4. The van der Waals surface area contributed by atoms with E-state index in [0.717, 1.165) is 51.4 Å². The Bertz CT molecular complexity index is 747. The number of rotatable bonds is 22. The van der Waals surface area contributed by atoms with Crippen molar-refractivity contribution in [2.75, 3.05) is 13.2 Å². The molecule has 0 aliphatic heterocycles. The molecule has 0 aromatic carbocycles. The molecular weight excluding hydrogens is 500 g/mol. The molecule has 0 aromatic heterocycles. The van der Waals surface area contributed by atoms with Crippen LogP contribution in [0, 0.1) is 11.8 Å². The first-order valence-corrected chi connectivity index (χ1v) is 15.0. The van der Waals surface area contributed by atoms with Gasteiger partial charge in [-0.3, -0.25) is 14.4 Å². The maximum Gasteiger partial charge on any atom is 0.306 e. The zero-order valence-electron chi connectivity index (χ0n) is 24.1. The van der Waals surface area contributed by atoms with Crippen molar-refractivity contribution in [1.29, 1.82) is 0 Å². The molecule has 1 fully saturated rings. The van der Waals surface area contributed by atoms with Crippen LogP contribution >= 0.6 is 0 Å². The van der Waals surface area contributed by atoms with Gasteiger partial charge >= 0.3 is 11.9 Å². The van der Waals surface area contributed by atoms with E-state index in [2.05, 4.69) is 13.8 Å². The lowest BCUT2D eigenvalue weighted by atomic mass is 9.90. The van der Waals surface area contributed by atoms with E-state index in [9.17, 15) is 29.7 Å². The Morgan fingerprint density at radius 3 is 2.38 bits per heavy atom. The van der Waals surface area contributed by atoms with Crippen molar-refractivity contribution in [2.24, 2.45) is 11.8 Å². The van der Waals surface area contributed by atoms with E-state index >= 15 is 0 Å². The van der Waals surface area contributed by atoms with Crippen molar-refractivity contribution in [1.82, 2.24) is 0 Å². The lowest BCUT2D eigenvalue weighted by molar-refractivity contribution is -0.161. The predicted octanol–water partition coefficient (Wildman–Crippen LogP) is 4.97. The molecule has 5 atom stereocenters. The Morgan fingerprint density at radius 2 is 1.67 bits per heavy atom. The first-order valence-electron chi connectivity index (χ1n) is 15.0. The number of aliphatic hydroxyl groups excluding tert-OH is 3. The topological polar surface area (TPSA) is 130 Å². The van der Waals surface area contributed by atoms with Crippen LogP contribution in [0.1, 0.15) is 110 Å². The van der Waals surface area contributed by atoms with Gasteiger partial charge in [0.2, 0.25) is 0 Å². The highest BCUT2D eigenvalue weighted by molar-refractivity contribution is 5.86. The van der Waals surface area contributed by atoms with Gasteiger partial charge in [-0.1, -0.05) is 83.1 Å². The molecule has 1 rings (SSSR count). The Morgan fingerprint density at radius 1 is 0.974 bits per heavy atom. The van der Waals surface area contributed by atoms with E-state index in [4.69, 9.17) is 9.47 Å². The minimum atomic E-state index is -0.850. The quantitative estimate of drug-likeness (QED) is 0.0974.